The van der Waals surface area contributed by atoms with E-state index in [0.717, 1.165) is 22.3 Å². The number of aromatic nitrogens is 2. The van der Waals surface area contributed by atoms with Crippen LogP contribution in [0.3, 0.4) is 0 Å². The van der Waals surface area contributed by atoms with Gasteiger partial charge in [0.25, 0.3) is 0 Å². The third-order valence-corrected chi connectivity index (χ3v) is 5.60. The summed E-state index contributed by atoms with van der Waals surface area (Å²) in [5, 5.41) is 5.53. The van der Waals surface area contributed by atoms with Crippen molar-refractivity contribution >= 4 is 11.0 Å². The Labute approximate surface area is 195 Å². The molecule has 0 saturated carbocycles. The second-order valence-electron chi connectivity index (χ2n) is 7.58. The molecule has 0 unspecified atom stereocenters. The first-order valence-corrected chi connectivity index (χ1v) is 10.6. The van der Waals surface area contributed by atoms with Crippen molar-refractivity contribution in [3.05, 3.63) is 89.3 Å². The van der Waals surface area contributed by atoms with Gasteiger partial charge in [0.05, 0.1) is 38.3 Å². The van der Waals surface area contributed by atoms with Crippen molar-refractivity contribution in [2.24, 2.45) is 0 Å². The fourth-order valence-electron chi connectivity index (χ4n) is 3.89. The van der Waals surface area contributed by atoms with Crippen LogP contribution in [0.15, 0.2) is 88.1 Å². The summed E-state index contributed by atoms with van der Waals surface area (Å²) in [6.07, 6.45) is 0. The fourth-order valence-corrected chi connectivity index (χ4v) is 3.89. The Morgan fingerprint density at radius 2 is 1.59 bits per heavy atom. The van der Waals surface area contributed by atoms with Crippen LogP contribution >= 0.6 is 0 Å². The van der Waals surface area contributed by atoms with Gasteiger partial charge in [0.15, 0.2) is 11.5 Å². The van der Waals surface area contributed by atoms with Crippen LogP contribution in [-0.4, -0.2) is 31.1 Å². The Morgan fingerprint density at radius 3 is 2.32 bits per heavy atom. The van der Waals surface area contributed by atoms with E-state index < -0.39 is 5.63 Å². The van der Waals surface area contributed by atoms with Gasteiger partial charge in [0.1, 0.15) is 17.0 Å². The summed E-state index contributed by atoms with van der Waals surface area (Å²) in [6, 6.07) is 24.3. The molecule has 7 nitrogen and oxygen atoms in total. The van der Waals surface area contributed by atoms with Crippen LogP contribution < -0.4 is 19.8 Å². The van der Waals surface area contributed by atoms with Gasteiger partial charge in [-0.15, -0.1) is 0 Å². The standard InChI is InChI=1S/C27H22N2O5/c1-31-20-10-12-24-18(13-20)14-21(27(30)34-24)22-16-23(29(28-22)19-7-5-4-6-8-19)17-9-11-25(32-2)26(15-17)33-3/h4-16H,1-3H3. The van der Waals surface area contributed by atoms with E-state index in [9.17, 15) is 4.79 Å². The third kappa shape index (κ3) is 3.77. The molecule has 0 aliphatic carbocycles. The van der Waals surface area contributed by atoms with Crippen molar-refractivity contribution in [1.29, 1.82) is 0 Å². The predicted molar refractivity (Wildman–Crippen MR) is 130 cm³/mol. The molecule has 2 aromatic heterocycles. The molecule has 0 radical (unpaired) electrons. The van der Waals surface area contributed by atoms with Crippen molar-refractivity contribution in [1.82, 2.24) is 9.78 Å². The topological polar surface area (TPSA) is 75.7 Å². The molecule has 0 bridgehead atoms. The Kier molecular flexibility index (Phi) is 5.51. The summed E-state index contributed by atoms with van der Waals surface area (Å²) in [5.74, 6) is 1.90. The van der Waals surface area contributed by atoms with Crippen molar-refractivity contribution in [2.75, 3.05) is 21.3 Å². The molecular weight excluding hydrogens is 432 g/mol. The molecule has 0 fully saturated rings. The lowest BCUT2D eigenvalue weighted by Gasteiger charge is -2.11. The number of ether oxygens (including phenoxy) is 3. The second kappa shape index (κ2) is 8.78. The van der Waals surface area contributed by atoms with Gasteiger partial charge in [-0.3, -0.25) is 0 Å². The van der Waals surface area contributed by atoms with E-state index in [-0.39, 0.29) is 0 Å². The Hall–Kier alpha value is -4.52. The number of hydrogen-bond acceptors (Lipinski definition) is 6. The van der Waals surface area contributed by atoms with E-state index in [1.165, 1.54) is 0 Å². The molecule has 5 aromatic rings. The number of benzene rings is 3. The second-order valence-corrected chi connectivity index (χ2v) is 7.58. The monoisotopic (exact) mass is 454 g/mol. The molecule has 0 amide bonds. The van der Waals surface area contributed by atoms with Gasteiger partial charge in [-0.1, -0.05) is 18.2 Å². The van der Waals surface area contributed by atoms with E-state index in [2.05, 4.69) is 0 Å². The van der Waals surface area contributed by atoms with Gasteiger partial charge in [-0.2, -0.15) is 5.10 Å². The average Bonchev–Trinajstić information content (AvgIpc) is 3.33. The molecule has 3 aromatic carbocycles. The van der Waals surface area contributed by atoms with Crippen molar-refractivity contribution in [2.45, 2.75) is 0 Å². The highest BCUT2D eigenvalue weighted by Crippen LogP contribution is 2.35. The third-order valence-electron chi connectivity index (χ3n) is 5.60. The van der Waals surface area contributed by atoms with Gasteiger partial charge in [-0.05, 0) is 60.7 Å². The maximum atomic E-state index is 12.9. The molecule has 0 aliphatic heterocycles. The van der Waals surface area contributed by atoms with E-state index >= 15 is 0 Å². The van der Waals surface area contributed by atoms with E-state index in [4.69, 9.17) is 23.7 Å². The largest absolute Gasteiger partial charge is 0.497 e. The van der Waals surface area contributed by atoms with Gasteiger partial charge >= 0.3 is 5.63 Å². The molecule has 5 rings (SSSR count). The summed E-state index contributed by atoms with van der Waals surface area (Å²) >= 11 is 0. The zero-order valence-corrected chi connectivity index (χ0v) is 18.9. The number of methoxy groups -OCH3 is 3. The highest BCUT2D eigenvalue weighted by atomic mass is 16.5. The molecule has 34 heavy (non-hydrogen) atoms. The van der Waals surface area contributed by atoms with E-state index in [0.29, 0.717) is 34.1 Å². The highest BCUT2D eigenvalue weighted by molar-refractivity contribution is 5.83. The SMILES string of the molecule is COc1ccc2oc(=O)c(-c3cc(-c4ccc(OC)c(OC)c4)n(-c4ccccc4)n3)cc2c1. The van der Waals surface area contributed by atoms with Crippen molar-refractivity contribution in [3.8, 4) is 45.5 Å². The number of hydrogen-bond donors (Lipinski definition) is 0. The predicted octanol–water partition coefficient (Wildman–Crippen LogP) is 5.34. The van der Waals surface area contributed by atoms with Crippen LogP contribution in [0.1, 0.15) is 0 Å². The van der Waals surface area contributed by atoms with Crippen molar-refractivity contribution < 1.29 is 18.6 Å². The minimum atomic E-state index is -0.464. The Balaban J connectivity index is 1.72. The van der Waals surface area contributed by atoms with Gasteiger partial charge < -0.3 is 18.6 Å². The molecule has 0 atom stereocenters. The molecule has 0 N–H and O–H groups in total. The van der Waals surface area contributed by atoms with Gasteiger partial charge in [0, 0.05) is 10.9 Å². The van der Waals surface area contributed by atoms with Crippen LogP contribution in [-0.2, 0) is 0 Å². The Bertz CT molecular complexity index is 1540. The van der Waals surface area contributed by atoms with Crippen molar-refractivity contribution in [3.63, 3.8) is 0 Å². The molecule has 0 aliphatic rings. The van der Waals surface area contributed by atoms with E-state index in [1.807, 2.05) is 60.7 Å². The van der Waals surface area contributed by atoms with Crippen LogP contribution in [0.2, 0.25) is 0 Å². The minimum Gasteiger partial charge on any atom is -0.497 e. The summed E-state index contributed by atoms with van der Waals surface area (Å²) in [5.41, 5.74) is 3.36. The first-order chi connectivity index (χ1) is 16.6. The van der Waals surface area contributed by atoms with Crippen LogP contribution in [0.5, 0.6) is 17.2 Å². The number of rotatable bonds is 6. The van der Waals surface area contributed by atoms with Gasteiger partial charge in [0.2, 0.25) is 0 Å². The zero-order chi connectivity index (χ0) is 23.7. The van der Waals surface area contributed by atoms with Gasteiger partial charge in [-0.25, -0.2) is 9.48 Å². The maximum Gasteiger partial charge on any atom is 0.345 e. The fraction of sp³-hybridized carbons (Fsp3) is 0.111. The first kappa shape index (κ1) is 21.3. The lowest BCUT2D eigenvalue weighted by molar-refractivity contribution is 0.355. The zero-order valence-electron chi connectivity index (χ0n) is 18.9. The quantitative estimate of drug-likeness (QED) is 0.323. The first-order valence-electron chi connectivity index (χ1n) is 10.6. The summed E-state index contributed by atoms with van der Waals surface area (Å²) < 4.78 is 23.6. The summed E-state index contributed by atoms with van der Waals surface area (Å²) in [6.45, 7) is 0. The Morgan fingerprint density at radius 1 is 0.794 bits per heavy atom. The summed E-state index contributed by atoms with van der Waals surface area (Å²) in [4.78, 5) is 12.9. The number of fused-ring (bicyclic) bond motifs is 1. The average molecular weight is 454 g/mol. The molecule has 7 heteroatoms. The van der Waals surface area contributed by atoms with Crippen LogP contribution in [0.25, 0.3) is 39.2 Å². The number of nitrogens with zero attached hydrogens (tertiary/aromatic N) is 2. The normalized spacial score (nSPS) is 10.9. The smallest absolute Gasteiger partial charge is 0.345 e. The lowest BCUT2D eigenvalue weighted by atomic mass is 10.1. The van der Waals surface area contributed by atoms with Crippen LogP contribution in [0.4, 0.5) is 0 Å². The summed E-state index contributed by atoms with van der Waals surface area (Å²) in [7, 11) is 4.78. The lowest BCUT2D eigenvalue weighted by Crippen LogP contribution is -2.04. The van der Waals surface area contributed by atoms with E-state index in [1.54, 1.807) is 44.2 Å². The molecular formula is C27H22N2O5. The van der Waals surface area contributed by atoms with Crippen LogP contribution in [0, 0.1) is 0 Å². The minimum absolute atomic E-state index is 0.358. The molecule has 170 valence electrons. The number of para-hydroxylation sites is 1. The highest BCUT2D eigenvalue weighted by Gasteiger charge is 2.18. The molecule has 2 heterocycles. The molecule has 0 saturated heterocycles. The molecule has 0 spiro atoms. The maximum absolute atomic E-state index is 12.9.